The Bertz CT molecular complexity index is 1130. The van der Waals surface area contributed by atoms with E-state index in [0.29, 0.717) is 24.5 Å². The molecular formula is C22H24ClN3O5S. The van der Waals surface area contributed by atoms with Crippen molar-refractivity contribution in [2.75, 3.05) is 43.1 Å². The van der Waals surface area contributed by atoms with Gasteiger partial charge < -0.3 is 9.64 Å². The molecule has 2 aromatic carbocycles. The van der Waals surface area contributed by atoms with Crippen LogP contribution in [0.15, 0.2) is 47.4 Å². The van der Waals surface area contributed by atoms with Crippen LogP contribution in [-0.2, 0) is 19.6 Å². The number of carbonyl (C=O) groups excluding carboxylic acids is 2. The summed E-state index contributed by atoms with van der Waals surface area (Å²) >= 11 is 6.08. The lowest BCUT2D eigenvalue weighted by Crippen LogP contribution is -2.48. The van der Waals surface area contributed by atoms with E-state index in [2.05, 4.69) is 4.90 Å². The highest BCUT2D eigenvalue weighted by atomic mass is 35.5. The van der Waals surface area contributed by atoms with Gasteiger partial charge in [-0.05, 0) is 42.8 Å². The normalized spacial score (nSPS) is 18.2. The van der Waals surface area contributed by atoms with Gasteiger partial charge in [-0.25, -0.2) is 8.42 Å². The Morgan fingerprint density at radius 1 is 0.906 bits per heavy atom. The molecule has 2 fully saturated rings. The monoisotopic (exact) mass is 477 g/mol. The van der Waals surface area contributed by atoms with Gasteiger partial charge in [-0.1, -0.05) is 17.7 Å². The van der Waals surface area contributed by atoms with Gasteiger partial charge >= 0.3 is 0 Å². The number of rotatable bonds is 5. The van der Waals surface area contributed by atoms with Crippen LogP contribution in [0.4, 0.5) is 11.4 Å². The molecule has 2 aliphatic rings. The first-order chi connectivity index (χ1) is 15.3. The van der Waals surface area contributed by atoms with Gasteiger partial charge in [0, 0.05) is 49.7 Å². The molecule has 0 aromatic heterocycles. The number of nitrogens with zero attached hydrogens (tertiary/aromatic N) is 3. The molecule has 0 saturated carbocycles. The predicted octanol–water partition coefficient (Wildman–Crippen LogP) is 2.90. The molecule has 2 heterocycles. The third-order valence-corrected chi connectivity index (χ3v) is 7.87. The number of hydrogen-bond donors (Lipinski definition) is 0. The maximum absolute atomic E-state index is 13.5. The van der Waals surface area contributed by atoms with Crippen molar-refractivity contribution in [3.05, 3.63) is 47.5 Å². The number of piperazine rings is 1. The first kappa shape index (κ1) is 22.6. The molecule has 32 heavy (non-hydrogen) atoms. The number of piperidine rings is 1. The summed E-state index contributed by atoms with van der Waals surface area (Å²) in [5.41, 5.74) is 1.19. The predicted molar refractivity (Wildman–Crippen MR) is 122 cm³/mol. The van der Waals surface area contributed by atoms with Gasteiger partial charge in [-0.15, -0.1) is 0 Å². The molecule has 0 aliphatic carbocycles. The smallest absolute Gasteiger partial charge is 0.246 e. The average Bonchev–Trinajstić information content (AvgIpc) is 2.79. The van der Waals surface area contributed by atoms with Crippen molar-refractivity contribution in [2.45, 2.75) is 24.2 Å². The standard InChI is InChI=1S/C22H24ClN3O5S/c1-31-19-9-8-18(26-21(27)6-3-7-22(26)28)15-20(19)32(29,30)25-12-10-24(11-13-25)17-5-2-4-16(23)14-17/h2,4-5,8-9,14-15H,3,6-7,10-13H2,1H3. The van der Waals surface area contributed by atoms with E-state index >= 15 is 0 Å². The van der Waals surface area contributed by atoms with Gasteiger partial charge in [0.15, 0.2) is 0 Å². The second kappa shape index (κ2) is 9.09. The number of imide groups is 1. The van der Waals surface area contributed by atoms with Gasteiger partial charge in [0.05, 0.1) is 12.8 Å². The minimum absolute atomic E-state index is 0.0557. The number of carbonyl (C=O) groups is 2. The average molecular weight is 478 g/mol. The van der Waals surface area contributed by atoms with E-state index in [1.807, 2.05) is 18.2 Å². The fraction of sp³-hybridized carbons (Fsp3) is 0.364. The maximum atomic E-state index is 13.5. The number of methoxy groups -OCH3 is 1. The van der Waals surface area contributed by atoms with Crippen LogP contribution < -0.4 is 14.5 Å². The largest absolute Gasteiger partial charge is 0.495 e. The van der Waals surface area contributed by atoms with Crippen LogP contribution in [0.1, 0.15) is 19.3 Å². The minimum Gasteiger partial charge on any atom is -0.495 e. The lowest BCUT2D eigenvalue weighted by Gasteiger charge is -2.35. The molecule has 4 rings (SSSR count). The zero-order valence-electron chi connectivity index (χ0n) is 17.7. The van der Waals surface area contributed by atoms with Crippen molar-refractivity contribution in [1.29, 1.82) is 0 Å². The topological polar surface area (TPSA) is 87.2 Å². The van der Waals surface area contributed by atoms with E-state index in [9.17, 15) is 18.0 Å². The van der Waals surface area contributed by atoms with Crippen LogP contribution in [0.25, 0.3) is 0 Å². The van der Waals surface area contributed by atoms with E-state index in [-0.39, 0.29) is 54.1 Å². The molecule has 0 radical (unpaired) electrons. The number of hydrogen-bond acceptors (Lipinski definition) is 6. The second-order valence-electron chi connectivity index (χ2n) is 7.68. The van der Waals surface area contributed by atoms with Crippen molar-refractivity contribution < 1.29 is 22.7 Å². The highest BCUT2D eigenvalue weighted by Gasteiger charge is 2.33. The Kier molecular flexibility index (Phi) is 6.41. The Morgan fingerprint density at radius 3 is 2.22 bits per heavy atom. The molecule has 10 heteroatoms. The number of ether oxygens (including phenoxy) is 1. The summed E-state index contributed by atoms with van der Waals surface area (Å²) in [4.78, 5) is 27.7. The van der Waals surface area contributed by atoms with E-state index in [4.69, 9.17) is 16.3 Å². The van der Waals surface area contributed by atoms with Crippen molar-refractivity contribution in [3.63, 3.8) is 0 Å². The molecular weight excluding hydrogens is 454 g/mol. The number of amides is 2. The molecule has 0 unspecified atom stereocenters. The highest BCUT2D eigenvalue weighted by molar-refractivity contribution is 7.89. The van der Waals surface area contributed by atoms with Crippen LogP contribution in [0.2, 0.25) is 5.02 Å². The van der Waals surface area contributed by atoms with Gasteiger partial charge in [-0.3, -0.25) is 14.5 Å². The van der Waals surface area contributed by atoms with E-state index in [1.54, 1.807) is 6.07 Å². The molecule has 0 spiro atoms. The summed E-state index contributed by atoms with van der Waals surface area (Å²) in [6.07, 6.45) is 1.02. The summed E-state index contributed by atoms with van der Waals surface area (Å²) in [5.74, 6) is -0.488. The summed E-state index contributed by atoms with van der Waals surface area (Å²) in [7, 11) is -2.52. The molecule has 2 aromatic rings. The molecule has 0 bridgehead atoms. The molecule has 0 N–H and O–H groups in total. The second-order valence-corrected chi connectivity index (χ2v) is 10.0. The molecule has 0 atom stereocenters. The molecule has 2 aliphatic heterocycles. The first-order valence-electron chi connectivity index (χ1n) is 10.4. The van der Waals surface area contributed by atoms with Crippen LogP contribution in [0.3, 0.4) is 0 Å². The lowest BCUT2D eigenvalue weighted by atomic mass is 10.1. The van der Waals surface area contributed by atoms with Gasteiger partial charge in [0.25, 0.3) is 0 Å². The molecule has 170 valence electrons. The SMILES string of the molecule is COc1ccc(N2C(=O)CCCC2=O)cc1S(=O)(=O)N1CCN(c2cccc(Cl)c2)CC1. The highest BCUT2D eigenvalue weighted by Crippen LogP contribution is 2.33. The summed E-state index contributed by atoms with van der Waals surface area (Å²) in [5, 5.41) is 0.626. The van der Waals surface area contributed by atoms with Crippen molar-refractivity contribution >= 4 is 44.8 Å². The van der Waals surface area contributed by atoms with E-state index in [0.717, 1.165) is 10.6 Å². The van der Waals surface area contributed by atoms with E-state index in [1.165, 1.54) is 29.6 Å². The zero-order chi connectivity index (χ0) is 22.9. The van der Waals surface area contributed by atoms with Crippen molar-refractivity contribution in [3.8, 4) is 5.75 Å². The summed E-state index contributed by atoms with van der Waals surface area (Å²) in [6.45, 7) is 1.57. The van der Waals surface area contributed by atoms with Gasteiger partial charge in [0.2, 0.25) is 21.8 Å². The van der Waals surface area contributed by atoms with Crippen LogP contribution in [0, 0.1) is 0 Å². The quantitative estimate of drug-likeness (QED) is 0.615. The Morgan fingerprint density at radius 2 is 1.59 bits per heavy atom. The number of halogens is 1. The third kappa shape index (κ3) is 4.32. The van der Waals surface area contributed by atoms with Crippen LogP contribution >= 0.6 is 11.6 Å². The van der Waals surface area contributed by atoms with Crippen LogP contribution in [0.5, 0.6) is 5.75 Å². The molecule has 2 amide bonds. The fourth-order valence-electron chi connectivity index (χ4n) is 4.05. The summed E-state index contributed by atoms with van der Waals surface area (Å²) < 4.78 is 33.7. The van der Waals surface area contributed by atoms with E-state index < -0.39 is 10.0 Å². The van der Waals surface area contributed by atoms with Gasteiger partial charge in [-0.2, -0.15) is 4.31 Å². The molecule has 2 saturated heterocycles. The number of sulfonamides is 1. The summed E-state index contributed by atoms with van der Waals surface area (Å²) in [6, 6.07) is 11.8. The Hall–Kier alpha value is -2.62. The number of benzene rings is 2. The Labute approximate surface area is 192 Å². The Balaban J connectivity index is 1.59. The fourth-order valence-corrected chi connectivity index (χ4v) is 5.83. The first-order valence-corrected chi connectivity index (χ1v) is 12.2. The molecule has 8 nitrogen and oxygen atoms in total. The maximum Gasteiger partial charge on any atom is 0.246 e. The minimum atomic E-state index is -3.91. The lowest BCUT2D eigenvalue weighted by molar-refractivity contribution is -0.129. The zero-order valence-corrected chi connectivity index (χ0v) is 19.2. The third-order valence-electron chi connectivity index (χ3n) is 5.72. The van der Waals surface area contributed by atoms with Crippen molar-refractivity contribution in [1.82, 2.24) is 4.31 Å². The van der Waals surface area contributed by atoms with Crippen molar-refractivity contribution in [2.24, 2.45) is 0 Å². The van der Waals surface area contributed by atoms with Crippen LogP contribution in [-0.4, -0.2) is 57.8 Å². The van der Waals surface area contributed by atoms with Gasteiger partial charge in [0.1, 0.15) is 10.6 Å². The number of anilines is 2.